The second-order valence-corrected chi connectivity index (χ2v) is 5.74. The van der Waals surface area contributed by atoms with E-state index >= 15 is 0 Å². The third-order valence-corrected chi connectivity index (χ3v) is 3.90. The van der Waals surface area contributed by atoms with Gasteiger partial charge >= 0.3 is 0 Å². The maximum Gasteiger partial charge on any atom is 0.246 e. The van der Waals surface area contributed by atoms with Crippen molar-refractivity contribution in [3.63, 3.8) is 0 Å². The average molecular weight is 332 g/mol. The van der Waals surface area contributed by atoms with Crippen LogP contribution in [0.5, 0.6) is 0 Å². The Morgan fingerprint density at radius 1 is 1.20 bits per heavy atom. The SMILES string of the molecule is CN1CC(=O)N(Cc2ccncc2)c2cc(Br)ccc21. The number of amides is 1. The largest absolute Gasteiger partial charge is 0.364 e. The fraction of sp³-hybridized carbons (Fsp3) is 0.200. The quantitative estimate of drug-likeness (QED) is 0.849. The number of carbonyl (C=O) groups is 1. The number of anilines is 2. The Morgan fingerprint density at radius 3 is 2.70 bits per heavy atom. The van der Waals surface area contributed by atoms with Crippen LogP contribution in [0.15, 0.2) is 47.2 Å². The van der Waals surface area contributed by atoms with E-state index in [-0.39, 0.29) is 5.91 Å². The van der Waals surface area contributed by atoms with E-state index in [9.17, 15) is 4.79 Å². The van der Waals surface area contributed by atoms with Crippen molar-refractivity contribution in [2.45, 2.75) is 6.54 Å². The number of benzene rings is 1. The lowest BCUT2D eigenvalue weighted by Gasteiger charge is -2.35. The maximum atomic E-state index is 12.3. The molecule has 1 aromatic heterocycles. The third kappa shape index (κ3) is 2.41. The van der Waals surface area contributed by atoms with Gasteiger partial charge in [-0.15, -0.1) is 0 Å². The van der Waals surface area contributed by atoms with E-state index < -0.39 is 0 Å². The van der Waals surface area contributed by atoms with Crippen LogP contribution in [0.4, 0.5) is 11.4 Å². The van der Waals surface area contributed by atoms with Gasteiger partial charge in [-0.2, -0.15) is 0 Å². The van der Waals surface area contributed by atoms with Crippen LogP contribution < -0.4 is 9.80 Å². The monoisotopic (exact) mass is 331 g/mol. The minimum atomic E-state index is 0.106. The summed E-state index contributed by atoms with van der Waals surface area (Å²) in [4.78, 5) is 20.2. The average Bonchev–Trinajstić information content (AvgIpc) is 2.44. The molecule has 0 aliphatic carbocycles. The predicted octanol–water partition coefficient (Wildman–Crippen LogP) is 2.83. The first-order valence-corrected chi connectivity index (χ1v) is 7.14. The molecule has 3 rings (SSSR count). The Kier molecular flexibility index (Phi) is 3.44. The smallest absolute Gasteiger partial charge is 0.246 e. The molecule has 4 nitrogen and oxygen atoms in total. The summed E-state index contributed by atoms with van der Waals surface area (Å²) >= 11 is 3.48. The first-order valence-electron chi connectivity index (χ1n) is 6.35. The Balaban J connectivity index is 2.00. The van der Waals surface area contributed by atoms with E-state index in [1.54, 1.807) is 12.4 Å². The molecule has 0 radical (unpaired) electrons. The van der Waals surface area contributed by atoms with Gasteiger partial charge < -0.3 is 9.80 Å². The predicted molar refractivity (Wildman–Crippen MR) is 82.8 cm³/mol. The number of hydrogen-bond donors (Lipinski definition) is 0. The number of halogens is 1. The molecule has 1 aliphatic rings. The molecule has 1 aliphatic heterocycles. The summed E-state index contributed by atoms with van der Waals surface area (Å²) in [7, 11) is 1.94. The summed E-state index contributed by atoms with van der Waals surface area (Å²) in [5, 5.41) is 0. The van der Waals surface area contributed by atoms with Crippen molar-refractivity contribution in [3.8, 4) is 0 Å². The van der Waals surface area contributed by atoms with Gasteiger partial charge in [0.2, 0.25) is 5.91 Å². The summed E-state index contributed by atoms with van der Waals surface area (Å²) in [6, 6.07) is 9.89. The van der Waals surface area contributed by atoms with Crippen LogP contribution >= 0.6 is 15.9 Å². The zero-order chi connectivity index (χ0) is 14.1. The van der Waals surface area contributed by atoms with Crippen molar-refractivity contribution in [2.24, 2.45) is 0 Å². The van der Waals surface area contributed by atoms with Crippen molar-refractivity contribution < 1.29 is 4.79 Å². The first kappa shape index (κ1) is 13.1. The van der Waals surface area contributed by atoms with Gasteiger partial charge in [-0.3, -0.25) is 9.78 Å². The molecule has 0 bridgehead atoms. The van der Waals surface area contributed by atoms with Gasteiger partial charge in [-0.1, -0.05) is 15.9 Å². The van der Waals surface area contributed by atoms with Crippen molar-refractivity contribution in [2.75, 3.05) is 23.4 Å². The normalized spacial score (nSPS) is 14.4. The highest BCUT2D eigenvalue weighted by molar-refractivity contribution is 9.10. The molecule has 2 heterocycles. The molecule has 20 heavy (non-hydrogen) atoms. The van der Waals surface area contributed by atoms with Crippen molar-refractivity contribution in [1.82, 2.24) is 4.98 Å². The molecule has 1 aromatic carbocycles. The van der Waals surface area contributed by atoms with Crippen molar-refractivity contribution >= 4 is 33.2 Å². The molecule has 0 saturated carbocycles. The molecule has 0 N–H and O–H groups in total. The first-order chi connectivity index (χ1) is 9.65. The van der Waals surface area contributed by atoms with Gasteiger partial charge in [-0.25, -0.2) is 0 Å². The van der Waals surface area contributed by atoms with E-state index in [0.717, 1.165) is 21.4 Å². The van der Waals surface area contributed by atoms with Crippen molar-refractivity contribution in [3.05, 3.63) is 52.8 Å². The van der Waals surface area contributed by atoms with E-state index in [0.29, 0.717) is 13.1 Å². The number of rotatable bonds is 2. The van der Waals surface area contributed by atoms with Gasteiger partial charge in [0, 0.05) is 23.9 Å². The van der Waals surface area contributed by atoms with Crippen LogP contribution in [0, 0.1) is 0 Å². The highest BCUT2D eigenvalue weighted by Gasteiger charge is 2.27. The summed E-state index contributed by atoms with van der Waals surface area (Å²) in [5.41, 5.74) is 3.08. The number of pyridine rings is 1. The van der Waals surface area contributed by atoms with Crippen LogP contribution in [0.2, 0.25) is 0 Å². The molecule has 102 valence electrons. The molecular weight excluding hydrogens is 318 g/mol. The van der Waals surface area contributed by atoms with Gasteiger partial charge in [-0.05, 0) is 35.9 Å². The fourth-order valence-corrected chi connectivity index (χ4v) is 2.74. The van der Waals surface area contributed by atoms with E-state index in [1.807, 2.05) is 47.2 Å². The number of fused-ring (bicyclic) bond motifs is 1. The van der Waals surface area contributed by atoms with Crippen LogP contribution in [-0.2, 0) is 11.3 Å². The summed E-state index contributed by atoms with van der Waals surface area (Å²) in [6.45, 7) is 0.971. The number of likely N-dealkylation sites (N-methyl/N-ethyl adjacent to an activating group) is 1. The lowest BCUT2D eigenvalue weighted by molar-refractivity contribution is -0.117. The van der Waals surface area contributed by atoms with Gasteiger partial charge in [0.05, 0.1) is 24.5 Å². The van der Waals surface area contributed by atoms with Crippen LogP contribution in [-0.4, -0.2) is 24.5 Å². The fourth-order valence-electron chi connectivity index (χ4n) is 2.39. The van der Waals surface area contributed by atoms with Crippen LogP contribution in [0.25, 0.3) is 0 Å². The van der Waals surface area contributed by atoms with E-state index in [4.69, 9.17) is 0 Å². The summed E-state index contributed by atoms with van der Waals surface area (Å²) in [5.74, 6) is 0.106. The molecule has 5 heteroatoms. The summed E-state index contributed by atoms with van der Waals surface area (Å²) < 4.78 is 0.971. The maximum absolute atomic E-state index is 12.3. The standard InChI is InChI=1S/C15H14BrN3O/c1-18-10-15(20)19(9-11-4-6-17-7-5-11)14-8-12(16)2-3-13(14)18/h2-8H,9-10H2,1H3. The molecular formula is C15H14BrN3O. The number of carbonyl (C=O) groups excluding carboxylic acids is 1. The highest BCUT2D eigenvalue weighted by Crippen LogP contribution is 2.35. The second kappa shape index (κ2) is 5.25. The molecule has 2 aromatic rings. The third-order valence-electron chi connectivity index (χ3n) is 3.40. The minimum absolute atomic E-state index is 0.106. The Bertz CT molecular complexity index is 645. The Hall–Kier alpha value is -1.88. The molecule has 0 atom stereocenters. The van der Waals surface area contributed by atoms with Gasteiger partial charge in [0.1, 0.15) is 0 Å². The highest BCUT2D eigenvalue weighted by atomic mass is 79.9. The van der Waals surface area contributed by atoms with Gasteiger partial charge in [0.25, 0.3) is 0 Å². The Labute approximate surface area is 126 Å². The van der Waals surface area contributed by atoms with Gasteiger partial charge in [0.15, 0.2) is 0 Å². The van der Waals surface area contributed by atoms with E-state index in [1.165, 1.54) is 0 Å². The molecule has 0 fully saturated rings. The van der Waals surface area contributed by atoms with Crippen LogP contribution in [0.1, 0.15) is 5.56 Å². The zero-order valence-corrected chi connectivity index (χ0v) is 12.7. The molecule has 1 amide bonds. The van der Waals surface area contributed by atoms with Crippen LogP contribution in [0.3, 0.4) is 0 Å². The zero-order valence-electron chi connectivity index (χ0n) is 11.1. The number of aromatic nitrogens is 1. The second-order valence-electron chi connectivity index (χ2n) is 4.82. The molecule has 0 saturated heterocycles. The number of hydrogen-bond acceptors (Lipinski definition) is 3. The Morgan fingerprint density at radius 2 is 1.95 bits per heavy atom. The molecule has 0 spiro atoms. The minimum Gasteiger partial charge on any atom is -0.364 e. The number of nitrogens with zero attached hydrogens (tertiary/aromatic N) is 3. The lowest BCUT2D eigenvalue weighted by atomic mass is 10.1. The molecule has 0 unspecified atom stereocenters. The topological polar surface area (TPSA) is 36.4 Å². The summed E-state index contributed by atoms with van der Waals surface area (Å²) in [6.07, 6.45) is 3.50. The lowest BCUT2D eigenvalue weighted by Crippen LogP contribution is -2.43. The van der Waals surface area contributed by atoms with E-state index in [2.05, 4.69) is 20.9 Å². The van der Waals surface area contributed by atoms with Crippen molar-refractivity contribution in [1.29, 1.82) is 0 Å².